The maximum Gasteiger partial charge on any atom is 0.499 e. The molecule has 0 saturated heterocycles. The van der Waals surface area contributed by atoms with E-state index in [0.717, 1.165) is 0 Å². The molecular formula is C13H6F3NO4S. The van der Waals surface area contributed by atoms with Crippen LogP contribution < -0.4 is 0 Å². The number of carbonyl (C=O) groups is 2. The summed E-state index contributed by atoms with van der Waals surface area (Å²) in [7, 11) is 0. The van der Waals surface area contributed by atoms with Crippen molar-refractivity contribution in [3.05, 3.63) is 47.5 Å². The third-order valence-electron chi connectivity index (χ3n) is 3.07. The van der Waals surface area contributed by atoms with Gasteiger partial charge in [0.25, 0.3) is 22.9 Å². The van der Waals surface area contributed by atoms with Crippen LogP contribution in [0.15, 0.2) is 36.4 Å². The van der Waals surface area contributed by atoms with Crippen molar-refractivity contribution in [1.82, 2.24) is 5.06 Å². The minimum absolute atomic E-state index is 0.00637. The van der Waals surface area contributed by atoms with Crippen molar-refractivity contribution >= 4 is 33.7 Å². The number of amides is 2. The summed E-state index contributed by atoms with van der Waals surface area (Å²) in [5, 5.41) is 0.812. The molecule has 0 fully saturated rings. The fourth-order valence-electron chi connectivity index (χ4n) is 2.19. The molecule has 1 atom stereocenters. The number of hydrogen-bond donors (Lipinski definition) is 0. The normalized spacial score (nSPS) is 16.2. The number of hydrogen-bond acceptors (Lipinski definition) is 4. The first-order valence-electron chi connectivity index (χ1n) is 5.88. The van der Waals surface area contributed by atoms with Crippen molar-refractivity contribution < 1.29 is 31.3 Å². The number of rotatable bonds is 2. The summed E-state index contributed by atoms with van der Waals surface area (Å²) < 4.78 is 52.0. The van der Waals surface area contributed by atoms with E-state index in [0.29, 0.717) is 10.8 Å². The predicted octanol–water partition coefficient (Wildman–Crippen LogP) is 2.55. The molecule has 1 heterocycles. The van der Waals surface area contributed by atoms with Crippen LogP contribution in [0.25, 0.3) is 10.8 Å². The van der Waals surface area contributed by atoms with E-state index in [-0.39, 0.29) is 16.2 Å². The van der Waals surface area contributed by atoms with Gasteiger partial charge in [0.05, 0.1) is 11.1 Å². The number of halogens is 3. The summed E-state index contributed by atoms with van der Waals surface area (Å²) in [4.78, 5) is 24.3. The highest BCUT2D eigenvalue weighted by molar-refractivity contribution is 7.81. The first-order valence-corrected chi connectivity index (χ1v) is 6.96. The number of nitrogens with zero attached hydrogens (tertiary/aromatic N) is 1. The second-order valence-corrected chi connectivity index (χ2v) is 5.45. The van der Waals surface area contributed by atoms with Gasteiger partial charge >= 0.3 is 5.51 Å². The zero-order valence-electron chi connectivity index (χ0n) is 10.6. The van der Waals surface area contributed by atoms with E-state index in [1.54, 1.807) is 12.1 Å². The van der Waals surface area contributed by atoms with Crippen molar-refractivity contribution in [1.29, 1.82) is 0 Å². The van der Waals surface area contributed by atoms with Crippen LogP contribution in [0.4, 0.5) is 13.2 Å². The largest absolute Gasteiger partial charge is 0.499 e. The Morgan fingerprint density at radius 3 is 1.91 bits per heavy atom. The Morgan fingerprint density at radius 2 is 1.45 bits per heavy atom. The van der Waals surface area contributed by atoms with Gasteiger partial charge in [0.15, 0.2) is 0 Å². The third-order valence-corrected chi connectivity index (χ3v) is 3.73. The zero-order chi connectivity index (χ0) is 16.1. The molecule has 1 aliphatic heterocycles. The highest BCUT2D eigenvalue weighted by atomic mass is 32.2. The van der Waals surface area contributed by atoms with Crippen molar-refractivity contribution in [2.24, 2.45) is 0 Å². The molecule has 22 heavy (non-hydrogen) atoms. The first-order chi connectivity index (χ1) is 10.3. The average molecular weight is 329 g/mol. The van der Waals surface area contributed by atoms with Crippen LogP contribution >= 0.6 is 0 Å². The van der Waals surface area contributed by atoms with Gasteiger partial charge in [-0.05, 0) is 17.5 Å². The van der Waals surface area contributed by atoms with E-state index in [1.807, 2.05) is 0 Å². The Hall–Kier alpha value is -2.26. The minimum atomic E-state index is -5.20. The molecule has 114 valence electrons. The van der Waals surface area contributed by atoms with Gasteiger partial charge in [-0.25, -0.2) is 4.21 Å². The van der Waals surface area contributed by atoms with Crippen LogP contribution in [0.1, 0.15) is 20.7 Å². The number of hydroxylamine groups is 2. The predicted molar refractivity (Wildman–Crippen MR) is 69.7 cm³/mol. The number of carbonyl (C=O) groups excluding carboxylic acids is 2. The standard InChI is InChI=1S/C13H6F3NO4S/c14-13(15,16)22(20)21-17-11(18)8-5-1-3-7-4-2-6-9(10(7)8)12(17)19/h1-6H. The molecule has 9 heteroatoms. The Morgan fingerprint density at radius 1 is 0.955 bits per heavy atom. The molecule has 0 bridgehead atoms. The SMILES string of the molecule is O=C1c2cccc3cccc(c23)C(=O)N1OS(=O)C(F)(F)F. The average Bonchev–Trinajstić information content (AvgIpc) is 2.47. The van der Waals surface area contributed by atoms with Gasteiger partial charge < -0.3 is 0 Å². The van der Waals surface area contributed by atoms with E-state index in [9.17, 15) is 27.0 Å². The lowest BCUT2D eigenvalue weighted by molar-refractivity contribution is -0.0671. The van der Waals surface area contributed by atoms with E-state index < -0.39 is 28.4 Å². The monoisotopic (exact) mass is 329 g/mol. The van der Waals surface area contributed by atoms with Crippen LogP contribution in [-0.2, 0) is 15.4 Å². The highest BCUT2D eigenvalue weighted by Crippen LogP contribution is 2.31. The second-order valence-electron chi connectivity index (χ2n) is 4.37. The first kappa shape index (κ1) is 14.7. The lowest BCUT2D eigenvalue weighted by atomic mass is 9.95. The van der Waals surface area contributed by atoms with E-state index >= 15 is 0 Å². The van der Waals surface area contributed by atoms with E-state index in [2.05, 4.69) is 4.28 Å². The van der Waals surface area contributed by atoms with Crippen LogP contribution in [-0.4, -0.2) is 26.6 Å². The molecule has 0 radical (unpaired) electrons. The van der Waals surface area contributed by atoms with Crippen molar-refractivity contribution in [2.45, 2.75) is 5.51 Å². The molecule has 5 nitrogen and oxygen atoms in total. The summed E-state index contributed by atoms with van der Waals surface area (Å²) in [6.07, 6.45) is 0. The highest BCUT2D eigenvalue weighted by Gasteiger charge is 2.44. The van der Waals surface area contributed by atoms with Gasteiger partial charge in [-0.15, -0.1) is 5.06 Å². The quantitative estimate of drug-likeness (QED) is 0.795. The molecule has 2 aromatic rings. The second kappa shape index (κ2) is 4.89. The molecule has 0 spiro atoms. The Labute approximate surface area is 123 Å². The molecule has 3 rings (SSSR count). The Kier molecular flexibility index (Phi) is 3.26. The molecule has 2 amide bonds. The van der Waals surface area contributed by atoms with Gasteiger partial charge in [-0.2, -0.15) is 17.5 Å². The van der Waals surface area contributed by atoms with Gasteiger partial charge in [-0.3, -0.25) is 9.59 Å². The Balaban J connectivity index is 2.10. The molecule has 0 saturated carbocycles. The summed E-state index contributed by atoms with van der Waals surface area (Å²) >= 11 is -3.82. The molecule has 0 aromatic heterocycles. The maximum atomic E-state index is 12.3. The topological polar surface area (TPSA) is 63.7 Å². The van der Waals surface area contributed by atoms with Crippen molar-refractivity contribution in [2.75, 3.05) is 0 Å². The van der Waals surface area contributed by atoms with Gasteiger partial charge in [-0.1, -0.05) is 24.3 Å². The van der Waals surface area contributed by atoms with Crippen molar-refractivity contribution in [3.8, 4) is 0 Å². The van der Waals surface area contributed by atoms with Gasteiger partial charge in [0.2, 0.25) is 0 Å². The fourth-order valence-corrected chi connectivity index (χ4v) is 2.54. The molecule has 1 aliphatic rings. The zero-order valence-corrected chi connectivity index (χ0v) is 11.4. The van der Waals surface area contributed by atoms with Gasteiger partial charge in [0.1, 0.15) is 0 Å². The summed E-state index contributed by atoms with van der Waals surface area (Å²) in [5.41, 5.74) is -5.19. The fraction of sp³-hybridized carbons (Fsp3) is 0.0769. The lowest BCUT2D eigenvalue weighted by Crippen LogP contribution is -2.42. The van der Waals surface area contributed by atoms with Gasteiger partial charge in [0, 0.05) is 5.39 Å². The van der Waals surface area contributed by atoms with Crippen LogP contribution in [0.2, 0.25) is 0 Å². The molecule has 0 aliphatic carbocycles. The smallest absolute Gasteiger partial charge is 0.266 e. The lowest BCUT2D eigenvalue weighted by Gasteiger charge is -2.25. The van der Waals surface area contributed by atoms with Crippen LogP contribution in [0.5, 0.6) is 0 Å². The van der Waals surface area contributed by atoms with Crippen LogP contribution in [0.3, 0.4) is 0 Å². The molecule has 0 N–H and O–H groups in total. The Bertz CT molecular complexity index is 783. The number of imide groups is 1. The summed E-state index contributed by atoms with van der Waals surface area (Å²) in [5.74, 6) is -2.18. The maximum absolute atomic E-state index is 12.3. The molecule has 2 aromatic carbocycles. The minimum Gasteiger partial charge on any atom is -0.266 e. The number of alkyl halides is 3. The van der Waals surface area contributed by atoms with E-state index in [4.69, 9.17) is 0 Å². The van der Waals surface area contributed by atoms with E-state index in [1.165, 1.54) is 24.3 Å². The number of benzene rings is 2. The third kappa shape index (κ3) is 2.18. The van der Waals surface area contributed by atoms with Crippen LogP contribution in [0, 0.1) is 0 Å². The summed E-state index contributed by atoms with van der Waals surface area (Å²) in [6, 6.07) is 9.07. The van der Waals surface area contributed by atoms with Crippen molar-refractivity contribution in [3.63, 3.8) is 0 Å². The summed E-state index contributed by atoms with van der Waals surface area (Å²) in [6.45, 7) is 0. The molecular weight excluding hydrogens is 323 g/mol. The molecule has 1 unspecified atom stereocenters.